The number of hydrogen-bond acceptors (Lipinski definition) is 4. The summed E-state index contributed by atoms with van der Waals surface area (Å²) in [6.07, 6.45) is 1.24. The van der Waals surface area contributed by atoms with Crippen LogP contribution in [-0.2, 0) is 0 Å². The summed E-state index contributed by atoms with van der Waals surface area (Å²) in [5.74, 6) is -0.920. The van der Waals surface area contributed by atoms with Crippen molar-refractivity contribution in [2.45, 2.75) is 6.61 Å². The Morgan fingerprint density at radius 1 is 1.35 bits per heavy atom. The minimum Gasteiger partial charge on any atom is -0.435 e. The Morgan fingerprint density at radius 2 is 2.12 bits per heavy atom. The van der Waals surface area contributed by atoms with Crippen LogP contribution >= 0.6 is 0 Å². The molecule has 0 fully saturated rings. The van der Waals surface area contributed by atoms with Crippen LogP contribution in [-0.4, -0.2) is 11.6 Å². The molecular weight excluding hydrogens is 237 g/mol. The molecule has 1 aromatic heterocycles. The Morgan fingerprint density at radius 3 is 2.65 bits per heavy atom. The van der Waals surface area contributed by atoms with Crippen molar-refractivity contribution in [3.05, 3.63) is 30.2 Å². The number of oxazole rings is 1. The van der Waals surface area contributed by atoms with Crippen LogP contribution in [0.4, 0.5) is 19.2 Å². The van der Waals surface area contributed by atoms with E-state index < -0.39 is 12.4 Å². The van der Waals surface area contributed by atoms with Crippen molar-refractivity contribution in [1.82, 2.24) is 4.98 Å². The summed E-state index contributed by atoms with van der Waals surface area (Å²) in [5, 5.41) is 0. The summed E-state index contributed by atoms with van der Waals surface area (Å²) in [5.41, 5.74) is 5.30. The van der Waals surface area contributed by atoms with Crippen LogP contribution in [0.2, 0.25) is 0 Å². The van der Waals surface area contributed by atoms with E-state index in [0.29, 0.717) is 0 Å². The predicted octanol–water partition coefficient (Wildman–Crippen LogP) is 2.66. The van der Waals surface area contributed by atoms with Crippen molar-refractivity contribution in [1.29, 1.82) is 0 Å². The number of anilines is 1. The predicted molar refractivity (Wildman–Crippen MR) is 52.9 cm³/mol. The van der Waals surface area contributed by atoms with Gasteiger partial charge in [0, 0.05) is 6.07 Å². The summed E-state index contributed by atoms with van der Waals surface area (Å²) in [6.45, 7) is -3.00. The van der Waals surface area contributed by atoms with Gasteiger partial charge in [-0.3, -0.25) is 0 Å². The molecule has 0 aliphatic rings. The van der Waals surface area contributed by atoms with Gasteiger partial charge >= 0.3 is 6.61 Å². The van der Waals surface area contributed by atoms with Crippen LogP contribution in [0.5, 0.6) is 5.75 Å². The van der Waals surface area contributed by atoms with E-state index in [4.69, 9.17) is 10.2 Å². The summed E-state index contributed by atoms with van der Waals surface area (Å²) in [4.78, 5) is 3.60. The smallest absolute Gasteiger partial charge is 0.387 e. The summed E-state index contributed by atoms with van der Waals surface area (Å²) in [7, 11) is 0. The molecule has 2 rings (SSSR count). The maximum absolute atomic E-state index is 13.5. The average molecular weight is 244 g/mol. The largest absolute Gasteiger partial charge is 0.435 e. The van der Waals surface area contributed by atoms with Gasteiger partial charge in [0.2, 0.25) is 0 Å². The third-order valence-corrected chi connectivity index (χ3v) is 1.95. The molecule has 0 saturated carbocycles. The number of halogens is 3. The van der Waals surface area contributed by atoms with Crippen LogP contribution in [0, 0.1) is 5.82 Å². The third kappa shape index (κ3) is 2.49. The lowest BCUT2D eigenvalue weighted by Crippen LogP contribution is -2.02. The fourth-order valence-corrected chi connectivity index (χ4v) is 1.28. The SMILES string of the molecule is Nc1ncc(-c2ccc(OC(F)F)cc2F)o1. The fraction of sp³-hybridized carbons (Fsp3) is 0.100. The zero-order valence-electron chi connectivity index (χ0n) is 8.36. The molecule has 1 heterocycles. The summed E-state index contributed by atoms with van der Waals surface area (Å²) < 4.78 is 46.3. The number of ether oxygens (including phenoxy) is 1. The number of benzene rings is 1. The minimum absolute atomic E-state index is 0.0656. The molecule has 0 amide bonds. The molecule has 0 bridgehead atoms. The molecule has 2 N–H and O–H groups in total. The molecule has 0 unspecified atom stereocenters. The molecule has 4 nitrogen and oxygen atoms in total. The van der Waals surface area contributed by atoms with E-state index in [9.17, 15) is 13.2 Å². The first-order chi connectivity index (χ1) is 8.06. The molecule has 0 atom stereocenters. The molecule has 17 heavy (non-hydrogen) atoms. The number of rotatable bonds is 3. The van der Waals surface area contributed by atoms with Crippen molar-refractivity contribution in [2.24, 2.45) is 0 Å². The van der Waals surface area contributed by atoms with Crippen molar-refractivity contribution in [3.63, 3.8) is 0 Å². The van der Waals surface area contributed by atoms with Crippen LogP contribution in [0.15, 0.2) is 28.8 Å². The molecule has 0 spiro atoms. The van der Waals surface area contributed by atoms with Crippen molar-refractivity contribution in [3.8, 4) is 17.1 Å². The van der Waals surface area contributed by atoms with E-state index in [1.807, 2.05) is 0 Å². The summed E-state index contributed by atoms with van der Waals surface area (Å²) >= 11 is 0. The van der Waals surface area contributed by atoms with E-state index in [-0.39, 0.29) is 23.1 Å². The number of aromatic nitrogens is 1. The molecule has 0 saturated heterocycles. The van der Waals surface area contributed by atoms with Gasteiger partial charge in [0.15, 0.2) is 5.76 Å². The van der Waals surface area contributed by atoms with Crippen LogP contribution in [0.25, 0.3) is 11.3 Å². The highest BCUT2D eigenvalue weighted by Crippen LogP contribution is 2.27. The van der Waals surface area contributed by atoms with Crippen molar-refractivity contribution in [2.75, 3.05) is 5.73 Å². The molecular formula is C10H7F3N2O2. The highest BCUT2D eigenvalue weighted by molar-refractivity contribution is 5.59. The minimum atomic E-state index is -3.00. The standard InChI is InChI=1S/C10H7F3N2O2/c11-7-3-5(16-9(12)13)1-2-6(7)8-4-15-10(14)17-8/h1-4,9H,(H2,14,15). The van der Waals surface area contributed by atoms with E-state index in [0.717, 1.165) is 6.07 Å². The van der Waals surface area contributed by atoms with Crippen LogP contribution in [0.1, 0.15) is 0 Å². The maximum atomic E-state index is 13.5. The van der Waals surface area contributed by atoms with Crippen molar-refractivity contribution >= 4 is 6.01 Å². The maximum Gasteiger partial charge on any atom is 0.387 e. The van der Waals surface area contributed by atoms with Gasteiger partial charge in [-0.2, -0.15) is 8.78 Å². The quantitative estimate of drug-likeness (QED) is 0.901. The van der Waals surface area contributed by atoms with Gasteiger partial charge in [-0.25, -0.2) is 9.37 Å². The van der Waals surface area contributed by atoms with Crippen molar-refractivity contribution < 1.29 is 22.3 Å². The van der Waals surface area contributed by atoms with Gasteiger partial charge in [-0.05, 0) is 12.1 Å². The Balaban J connectivity index is 2.31. The number of nitrogens with zero attached hydrogens (tertiary/aromatic N) is 1. The highest BCUT2D eigenvalue weighted by Gasteiger charge is 2.12. The van der Waals surface area contributed by atoms with E-state index in [1.54, 1.807) is 0 Å². The monoisotopic (exact) mass is 244 g/mol. The lowest BCUT2D eigenvalue weighted by atomic mass is 10.1. The number of hydrogen-bond donors (Lipinski definition) is 1. The topological polar surface area (TPSA) is 61.3 Å². The number of nitrogen functional groups attached to an aromatic ring is 1. The van der Waals surface area contributed by atoms with E-state index >= 15 is 0 Å². The molecule has 0 aliphatic heterocycles. The second-order valence-electron chi connectivity index (χ2n) is 3.08. The Bertz CT molecular complexity index is 528. The Labute approximate surface area is 93.8 Å². The molecule has 90 valence electrons. The fourth-order valence-electron chi connectivity index (χ4n) is 1.28. The third-order valence-electron chi connectivity index (χ3n) is 1.95. The van der Waals surface area contributed by atoms with Gasteiger partial charge in [-0.1, -0.05) is 0 Å². The van der Waals surface area contributed by atoms with Gasteiger partial charge in [0.05, 0.1) is 11.8 Å². The zero-order chi connectivity index (χ0) is 12.4. The zero-order valence-corrected chi connectivity index (χ0v) is 8.36. The highest BCUT2D eigenvalue weighted by atomic mass is 19.3. The molecule has 0 aliphatic carbocycles. The van der Waals surface area contributed by atoms with Gasteiger partial charge in [0.1, 0.15) is 11.6 Å². The summed E-state index contributed by atoms with van der Waals surface area (Å²) in [6, 6.07) is 3.17. The van der Waals surface area contributed by atoms with E-state index in [2.05, 4.69) is 9.72 Å². The van der Waals surface area contributed by atoms with E-state index in [1.165, 1.54) is 18.3 Å². The first-order valence-electron chi connectivity index (χ1n) is 4.52. The van der Waals surface area contributed by atoms with Gasteiger partial charge in [-0.15, -0.1) is 0 Å². The molecule has 2 aromatic rings. The lowest BCUT2D eigenvalue weighted by Gasteiger charge is -2.05. The molecule has 1 aromatic carbocycles. The second kappa shape index (κ2) is 4.36. The average Bonchev–Trinajstić information content (AvgIpc) is 2.64. The molecule has 0 radical (unpaired) electrons. The molecule has 7 heteroatoms. The van der Waals surface area contributed by atoms with Gasteiger partial charge in [0.25, 0.3) is 6.01 Å². The first kappa shape index (κ1) is 11.3. The first-order valence-corrected chi connectivity index (χ1v) is 4.52. The Kier molecular flexibility index (Phi) is 2.90. The second-order valence-corrected chi connectivity index (χ2v) is 3.08. The van der Waals surface area contributed by atoms with Crippen LogP contribution < -0.4 is 10.5 Å². The normalized spacial score (nSPS) is 10.8. The number of alkyl halides is 2. The van der Waals surface area contributed by atoms with Crippen LogP contribution in [0.3, 0.4) is 0 Å². The Hall–Kier alpha value is -2.18. The number of nitrogens with two attached hydrogens (primary N) is 1. The lowest BCUT2D eigenvalue weighted by molar-refractivity contribution is -0.0499. The van der Waals surface area contributed by atoms with Gasteiger partial charge < -0.3 is 14.9 Å².